The number of likely N-dealkylation sites (tertiary alicyclic amines) is 1. The van der Waals surface area contributed by atoms with Gasteiger partial charge in [-0.05, 0) is 62.8 Å². The van der Waals surface area contributed by atoms with Gasteiger partial charge in [0.05, 0.1) is 7.11 Å². The number of ether oxygens (including phenoxy) is 1. The normalized spacial score (nSPS) is 19.2. The van der Waals surface area contributed by atoms with Gasteiger partial charge in [0.2, 0.25) is 5.91 Å². The Balaban J connectivity index is 2.27. The Labute approximate surface area is 186 Å². The third-order valence-electron chi connectivity index (χ3n) is 5.36. The number of hydrogen-bond donors (Lipinski definition) is 3. The van der Waals surface area contributed by atoms with Gasteiger partial charge in [-0.25, -0.2) is 14.0 Å². The number of nitrogens with one attached hydrogen (secondary N) is 2. The molecular formula is C23H28FN3O5. The van der Waals surface area contributed by atoms with Crippen molar-refractivity contribution in [2.24, 2.45) is 5.92 Å². The van der Waals surface area contributed by atoms with Crippen molar-refractivity contribution in [2.75, 3.05) is 19.0 Å². The van der Waals surface area contributed by atoms with Crippen LogP contribution in [0.15, 0.2) is 60.4 Å². The second kappa shape index (κ2) is 10.1. The maximum Gasteiger partial charge on any atom is 0.329 e. The number of nitrogens with zero attached hydrogens (tertiary/aromatic N) is 1. The molecule has 1 saturated heterocycles. The summed E-state index contributed by atoms with van der Waals surface area (Å²) >= 11 is 0. The molecule has 9 heteroatoms. The highest BCUT2D eigenvalue weighted by atomic mass is 19.1. The fraction of sp³-hybridized carbons (Fsp3) is 0.348. The maximum atomic E-state index is 13.1. The Morgan fingerprint density at radius 3 is 2.44 bits per heavy atom. The van der Waals surface area contributed by atoms with Crippen molar-refractivity contribution in [3.63, 3.8) is 0 Å². The molecule has 8 nitrogen and oxygen atoms in total. The second-order valence-electron chi connectivity index (χ2n) is 7.81. The number of halogens is 1. The molecule has 0 aliphatic carbocycles. The number of rotatable bonds is 8. The largest absolute Gasteiger partial charge is 0.497 e. The van der Waals surface area contributed by atoms with Crippen LogP contribution in [0.4, 0.5) is 14.9 Å². The zero-order valence-corrected chi connectivity index (χ0v) is 18.5. The number of hydrogen-bond acceptors (Lipinski definition) is 4. The summed E-state index contributed by atoms with van der Waals surface area (Å²) in [6.45, 7) is 8.72. The van der Waals surface area contributed by atoms with E-state index in [1.54, 1.807) is 25.2 Å². The number of aliphatic carboxylic acids is 1. The minimum atomic E-state index is -1.48. The number of amides is 3. The van der Waals surface area contributed by atoms with E-state index in [2.05, 4.69) is 17.2 Å². The smallest absolute Gasteiger partial charge is 0.329 e. The molecule has 0 radical (unpaired) electrons. The van der Waals surface area contributed by atoms with Gasteiger partial charge >= 0.3 is 12.0 Å². The lowest BCUT2D eigenvalue weighted by molar-refractivity contribution is -0.155. The number of carbonyl (C=O) groups excluding carboxylic acids is 2. The molecule has 172 valence electrons. The molecule has 1 aliphatic heterocycles. The van der Waals surface area contributed by atoms with E-state index >= 15 is 0 Å². The van der Waals surface area contributed by atoms with Crippen LogP contribution in [0.3, 0.4) is 0 Å². The fourth-order valence-corrected chi connectivity index (χ4v) is 3.28. The fourth-order valence-electron chi connectivity index (χ4n) is 3.28. The van der Waals surface area contributed by atoms with Crippen molar-refractivity contribution >= 4 is 23.6 Å². The third kappa shape index (κ3) is 5.54. The molecule has 2 atom stereocenters. The summed E-state index contributed by atoms with van der Waals surface area (Å²) < 4.78 is 18.3. The Bertz CT molecular complexity index is 953. The average molecular weight is 445 g/mol. The van der Waals surface area contributed by atoms with E-state index in [1.165, 1.54) is 50.1 Å². The van der Waals surface area contributed by atoms with Gasteiger partial charge in [-0.2, -0.15) is 0 Å². The molecule has 32 heavy (non-hydrogen) atoms. The SMILES string of the molecule is C=C(/C=C\C(=C/C)OC)[C@@H]1CN(C(C)(C)C(=O)O)C(=O)[C@H]1NC(=O)Nc1ccc(F)cc1. The number of carbonyl (C=O) groups is 3. The summed E-state index contributed by atoms with van der Waals surface area (Å²) in [5, 5.41) is 14.7. The molecule has 1 aromatic rings. The zero-order chi connectivity index (χ0) is 24.1. The number of carboxylic acid groups (broad SMARTS) is 1. The summed E-state index contributed by atoms with van der Waals surface area (Å²) in [5.41, 5.74) is -0.625. The minimum absolute atomic E-state index is 0.0565. The number of anilines is 1. The number of carboxylic acids is 1. The summed E-state index contributed by atoms with van der Waals surface area (Å²) in [7, 11) is 1.52. The van der Waals surface area contributed by atoms with E-state index < -0.39 is 41.2 Å². The Kier molecular flexibility index (Phi) is 7.80. The van der Waals surface area contributed by atoms with E-state index in [0.29, 0.717) is 17.0 Å². The van der Waals surface area contributed by atoms with Crippen LogP contribution in [0.2, 0.25) is 0 Å². The van der Waals surface area contributed by atoms with Crippen LogP contribution in [0.5, 0.6) is 0 Å². The first-order valence-electron chi connectivity index (χ1n) is 9.96. The molecule has 0 unspecified atom stereocenters. The predicted molar refractivity (Wildman–Crippen MR) is 118 cm³/mol. The first-order valence-corrected chi connectivity index (χ1v) is 9.96. The highest BCUT2D eigenvalue weighted by Gasteiger charge is 2.50. The molecule has 1 fully saturated rings. The molecular weight excluding hydrogens is 417 g/mol. The quantitative estimate of drug-likeness (QED) is 0.420. The first kappa shape index (κ1) is 24.6. The van der Waals surface area contributed by atoms with E-state index in [4.69, 9.17) is 4.74 Å². The van der Waals surface area contributed by atoms with Crippen LogP contribution in [0.25, 0.3) is 0 Å². The van der Waals surface area contributed by atoms with Crippen LogP contribution < -0.4 is 10.6 Å². The van der Waals surface area contributed by atoms with Crippen LogP contribution in [0.1, 0.15) is 20.8 Å². The van der Waals surface area contributed by atoms with Gasteiger partial charge in [-0.1, -0.05) is 12.7 Å². The van der Waals surface area contributed by atoms with Gasteiger partial charge in [-0.3, -0.25) is 4.79 Å². The van der Waals surface area contributed by atoms with Crippen molar-refractivity contribution in [1.29, 1.82) is 0 Å². The summed E-state index contributed by atoms with van der Waals surface area (Å²) in [6.07, 6.45) is 5.09. The van der Waals surface area contributed by atoms with Gasteiger partial charge in [0.1, 0.15) is 23.2 Å². The van der Waals surface area contributed by atoms with Crippen molar-refractivity contribution in [3.05, 3.63) is 66.2 Å². The van der Waals surface area contributed by atoms with Crippen molar-refractivity contribution in [3.8, 4) is 0 Å². The summed E-state index contributed by atoms with van der Waals surface area (Å²) in [5.74, 6) is -2.15. The van der Waals surface area contributed by atoms with E-state index in [1.807, 2.05) is 0 Å². The van der Waals surface area contributed by atoms with Gasteiger partial charge in [0.25, 0.3) is 0 Å². The first-order chi connectivity index (χ1) is 15.0. The van der Waals surface area contributed by atoms with Crippen molar-refractivity contribution < 1.29 is 28.6 Å². The standard InChI is InChI=1S/C23H28FN3O5/c1-6-17(32-5)12-7-14(2)18-13-27(23(3,4)21(29)30)20(28)19(18)26-22(31)25-16-10-8-15(24)9-11-16/h6-12,18-19H,2,13H2,1,3-5H3,(H,29,30)(H2,25,26,31)/b12-7-,17-6+/t18-,19-/m0/s1. The molecule has 0 aromatic heterocycles. The highest BCUT2D eigenvalue weighted by Crippen LogP contribution is 2.31. The number of benzene rings is 1. The number of methoxy groups -OCH3 is 1. The molecule has 1 heterocycles. The maximum absolute atomic E-state index is 13.1. The minimum Gasteiger partial charge on any atom is -0.497 e. The van der Waals surface area contributed by atoms with Crippen LogP contribution in [0, 0.1) is 11.7 Å². The monoisotopic (exact) mass is 445 g/mol. The second-order valence-corrected chi connectivity index (χ2v) is 7.81. The van der Waals surface area contributed by atoms with Crippen molar-refractivity contribution in [2.45, 2.75) is 32.4 Å². The lowest BCUT2D eigenvalue weighted by atomic mass is 9.94. The molecule has 3 N–H and O–H groups in total. The van der Waals surface area contributed by atoms with Gasteiger partial charge in [-0.15, -0.1) is 0 Å². The summed E-state index contributed by atoms with van der Waals surface area (Å²) in [4.78, 5) is 38.6. The summed E-state index contributed by atoms with van der Waals surface area (Å²) in [6, 6.07) is 3.43. The van der Waals surface area contributed by atoms with Gasteiger partial charge in [0, 0.05) is 18.2 Å². The molecule has 1 aliphatic rings. The molecule has 2 rings (SSSR count). The van der Waals surface area contributed by atoms with Crippen LogP contribution >= 0.6 is 0 Å². The van der Waals surface area contributed by atoms with Crippen LogP contribution in [-0.4, -0.2) is 53.1 Å². The Hall–Kier alpha value is -3.62. The van der Waals surface area contributed by atoms with Gasteiger partial charge < -0.3 is 25.4 Å². The van der Waals surface area contributed by atoms with Crippen LogP contribution in [-0.2, 0) is 14.3 Å². The lowest BCUT2D eigenvalue weighted by Gasteiger charge is -2.31. The molecule has 3 amide bonds. The molecule has 1 aromatic carbocycles. The average Bonchev–Trinajstić information content (AvgIpc) is 3.07. The third-order valence-corrected chi connectivity index (χ3v) is 5.36. The zero-order valence-electron chi connectivity index (χ0n) is 18.5. The predicted octanol–water partition coefficient (Wildman–Crippen LogP) is 3.30. The number of allylic oxidation sites excluding steroid dienone is 3. The molecule has 0 bridgehead atoms. The topological polar surface area (TPSA) is 108 Å². The molecule has 0 spiro atoms. The van der Waals surface area contributed by atoms with Gasteiger partial charge in [0.15, 0.2) is 0 Å². The number of urea groups is 1. The van der Waals surface area contributed by atoms with E-state index in [-0.39, 0.29) is 6.54 Å². The Morgan fingerprint density at radius 2 is 1.91 bits per heavy atom. The Morgan fingerprint density at radius 1 is 1.28 bits per heavy atom. The van der Waals surface area contributed by atoms with E-state index in [0.717, 1.165) is 0 Å². The van der Waals surface area contributed by atoms with Crippen molar-refractivity contribution in [1.82, 2.24) is 10.2 Å². The van der Waals surface area contributed by atoms with E-state index in [9.17, 15) is 23.9 Å². The highest BCUT2D eigenvalue weighted by molar-refractivity contribution is 5.97. The molecule has 0 saturated carbocycles. The lowest BCUT2D eigenvalue weighted by Crippen LogP contribution is -2.53.